The van der Waals surface area contributed by atoms with Crippen molar-refractivity contribution in [1.82, 2.24) is 5.32 Å². The molecule has 1 aromatic carbocycles. The molecule has 1 aliphatic heterocycles. The molecule has 1 aromatic rings. The number of ether oxygens (including phenoxy) is 1. The lowest BCUT2D eigenvalue weighted by Crippen LogP contribution is -2.51. The monoisotopic (exact) mass is 263 g/mol. The number of hydrogen-bond acceptors (Lipinski definition) is 4. The first-order valence-corrected chi connectivity index (χ1v) is 6.05. The summed E-state index contributed by atoms with van der Waals surface area (Å²) >= 11 is 0. The molecular weight excluding hydrogens is 246 g/mol. The summed E-state index contributed by atoms with van der Waals surface area (Å²) in [5.41, 5.74) is 6.13. The van der Waals surface area contributed by atoms with E-state index < -0.39 is 5.54 Å². The number of nitrogens with one attached hydrogen (secondary N) is 2. The number of benzene rings is 1. The van der Waals surface area contributed by atoms with Crippen LogP contribution in [0.2, 0.25) is 0 Å². The van der Waals surface area contributed by atoms with E-state index in [9.17, 15) is 9.59 Å². The minimum Gasteiger partial charge on any atom is -0.379 e. The van der Waals surface area contributed by atoms with Gasteiger partial charge in [-0.25, -0.2) is 0 Å². The summed E-state index contributed by atoms with van der Waals surface area (Å²) in [5, 5.41) is 5.26. The molecule has 0 radical (unpaired) electrons. The number of rotatable bonds is 3. The molecule has 0 bridgehead atoms. The number of hydrogen-bond donors (Lipinski definition) is 3. The van der Waals surface area contributed by atoms with E-state index in [0.717, 1.165) is 0 Å². The Hall–Kier alpha value is -1.92. The summed E-state index contributed by atoms with van der Waals surface area (Å²) in [4.78, 5) is 23.4. The first-order valence-electron chi connectivity index (χ1n) is 6.05. The summed E-state index contributed by atoms with van der Waals surface area (Å²) in [6.07, 6.45) is 0.509. The van der Waals surface area contributed by atoms with Crippen LogP contribution in [-0.2, 0) is 9.53 Å². The van der Waals surface area contributed by atoms with Gasteiger partial charge in [-0.2, -0.15) is 0 Å². The number of nitrogens with two attached hydrogens (primary N) is 1. The van der Waals surface area contributed by atoms with Crippen molar-refractivity contribution in [3.8, 4) is 0 Å². The van der Waals surface area contributed by atoms with Crippen molar-refractivity contribution in [2.24, 2.45) is 5.73 Å². The van der Waals surface area contributed by atoms with Crippen LogP contribution < -0.4 is 16.4 Å². The average molecular weight is 263 g/mol. The van der Waals surface area contributed by atoms with Gasteiger partial charge in [0.2, 0.25) is 5.91 Å². The third-order valence-corrected chi connectivity index (χ3v) is 3.14. The van der Waals surface area contributed by atoms with E-state index >= 15 is 0 Å². The van der Waals surface area contributed by atoms with E-state index in [-0.39, 0.29) is 18.4 Å². The van der Waals surface area contributed by atoms with Crippen molar-refractivity contribution < 1.29 is 14.3 Å². The van der Waals surface area contributed by atoms with Gasteiger partial charge in [0.15, 0.2) is 0 Å². The molecule has 1 heterocycles. The Kier molecular flexibility index (Phi) is 3.82. The molecule has 19 heavy (non-hydrogen) atoms. The van der Waals surface area contributed by atoms with Gasteiger partial charge in [0.05, 0.1) is 6.61 Å². The minimum atomic E-state index is -0.959. The van der Waals surface area contributed by atoms with E-state index in [1.165, 1.54) is 0 Å². The average Bonchev–Trinajstić information content (AvgIpc) is 2.87. The lowest BCUT2D eigenvalue weighted by atomic mass is 9.99. The first-order chi connectivity index (χ1) is 9.05. The molecule has 0 aromatic heterocycles. The lowest BCUT2D eigenvalue weighted by molar-refractivity contribution is -0.121. The molecule has 4 N–H and O–H groups in total. The molecule has 2 rings (SSSR count). The van der Waals surface area contributed by atoms with Gasteiger partial charge in [-0.15, -0.1) is 0 Å². The second kappa shape index (κ2) is 5.38. The van der Waals surface area contributed by atoms with Crippen LogP contribution in [0.15, 0.2) is 24.3 Å². The van der Waals surface area contributed by atoms with Crippen LogP contribution in [0, 0.1) is 0 Å². The van der Waals surface area contributed by atoms with Gasteiger partial charge in [0.25, 0.3) is 5.91 Å². The van der Waals surface area contributed by atoms with Crippen molar-refractivity contribution in [3.05, 3.63) is 29.8 Å². The van der Waals surface area contributed by atoms with E-state index in [2.05, 4.69) is 10.6 Å². The highest BCUT2D eigenvalue weighted by molar-refractivity contribution is 5.99. The number of carbonyl (C=O) groups excluding carboxylic acids is 2. The topological polar surface area (TPSA) is 93.5 Å². The highest BCUT2D eigenvalue weighted by atomic mass is 16.5. The summed E-state index contributed by atoms with van der Waals surface area (Å²) in [7, 11) is 1.57. The maximum Gasteiger partial charge on any atom is 0.251 e. The highest BCUT2D eigenvalue weighted by Crippen LogP contribution is 2.18. The predicted molar refractivity (Wildman–Crippen MR) is 70.8 cm³/mol. The van der Waals surface area contributed by atoms with Crippen LogP contribution >= 0.6 is 0 Å². The van der Waals surface area contributed by atoms with Gasteiger partial charge in [0, 0.05) is 24.9 Å². The SMILES string of the molecule is CNC(=O)c1ccc(NC(=O)C2(N)CCOC2)cc1. The number of anilines is 1. The van der Waals surface area contributed by atoms with Crippen LogP contribution in [0.1, 0.15) is 16.8 Å². The first kappa shape index (κ1) is 13.5. The Labute approximate surface area is 111 Å². The molecule has 2 amide bonds. The fraction of sp³-hybridized carbons (Fsp3) is 0.385. The van der Waals surface area contributed by atoms with Crippen molar-refractivity contribution >= 4 is 17.5 Å². The molecule has 1 aliphatic rings. The van der Waals surface area contributed by atoms with E-state index in [1.807, 2.05) is 0 Å². The third-order valence-electron chi connectivity index (χ3n) is 3.14. The number of amides is 2. The Bertz CT molecular complexity index is 478. The molecule has 6 heteroatoms. The van der Waals surface area contributed by atoms with Crippen molar-refractivity contribution in [3.63, 3.8) is 0 Å². The summed E-state index contributed by atoms with van der Waals surface area (Å²) in [5.74, 6) is -0.435. The Morgan fingerprint density at radius 3 is 2.53 bits per heavy atom. The van der Waals surface area contributed by atoms with E-state index in [1.54, 1.807) is 31.3 Å². The molecule has 0 saturated carbocycles. The standard InChI is InChI=1S/C13H17N3O3/c1-15-11(17)9-2-4-10(5-3-9)16-12(18)13(14)6-7-19-8-13/h2-5H,6-8,14H2,1H3,(H,15,17)(H,16,18). The zero-order valence-electron chi connectivity index (χ0n) is 10.7. The summed E-state index contributed by atoms with van der Waals surface area (Å²) < 4.78 is 5.15. The Balaban J connectivity index is 2.03. The van der Waals surface area contributed by atoms with Crippen LogP contribution in [0.25, 0.3) is 0 Å². The van der Waals surface area contributed by atoms with Crippen molar-refractivity contribution in [2.75, 3.05) is 25.6 Å². The smallest absolute Gasteiger partial charge is 0.251 e. The zero-order valence-corrected chi connectivity index (χ0v) is 10.7. The second-order valence-corrected chi connectivity index (χ2v) is 4.57. The molecule has 102 valence electrons. The van der Waals surface area contributed by atoms with E-state index in [0.29, 0.717) is 24.3 Å². The molecular formula is C13H17N3O3. The van der Waals surface area contributed by atoms with Gasteiger partial charge in [0.1, 0.15) is 5.54 Å². The summed E-state index contributed by atoms with van der Waals surface area (Å²) in [6, 6.07) is 6.62. The minimum absolute atomic E-state index is 0.169. The fourth-order valence-corrected chi connectivity index (χ4v) is 1.86. The van der Waals surface area contributed by atoms with Gasteiger partial charge in [-0.3, -0.25) is 9.59 Å². The zero-order chi connectivity index (χ0) is 13.9. The predicted octanol–water partition coefficient (Wildman–Crippen LogP) is 0.103. The molecule has 6 nitrogen and oxygen atoms in total. The Morgan fingerprint density at radius 2 is 2.00 bits per heavy atom. The molecule has 1 saturated heterocycles. The highest BCUT2D eigenvalue weighted by Gasteiger charge is 2.38. The summed E-state index contributed by atoms with van der Waals surface area (Å²) in [6.45, 7) is 0.731. The third kappa shape index (κ3) is 2.91. The normalized spacial score (nSPS) is 22.0. The second-order valence-electron chi connectivity index (χ2n) is 4.57. The van der Waals surface area contributed by atoms with Crippen molar-refractivity contribution in [1.29, 1.82) is 0 Å². The van der Waals surface area contributed by atoms with Gasteiger partial charge in [-0.1, -0.05) is 0 Å². The quantitative estimate of drug-likeness (QED) is 0.721. The maximum absolute atomic E-state index is 12.0. The molecule has 1 fully saturated rings. The van der Waals surface area contributed by atoms with Gasteiger partial charge < -0.3 is 21.1 Å². The molecule has 0 spiro atoms. The fourth-order valence-electron chi connectivity index (χ4n) is 1.86. The lowest BCUT2D eigenvalue weighted by Gasteiger charge is -2.20. The number of carbonyl (C=O) groups is 2. The van der Waals surface area contributed by atoms with Crippen LogP contribution in [0.4, 0.5) is 5.69 Å². The van der Waals surface area contributed by atoms with Crippen LogP contribution in [0.3, 0.4) is 0 Å². The van der Waals surface area contributed by atoms with Crippen LogP contribution in [0.5, 0.6) is 0 Å². The largest absolute Gasteiger partial charge is 0.379 e. The van der Waals surface area contributed by atoms with Gasteiger partial charge >= 0.3 is 0 Å². The molecule has 1 unspecified atom stereocenters. The van der Waals surface area contributed by atoms with Crippen LogP contribution in [-0.4, -0.2) is 37.6 Å². The molecule has 1 atom stereocenters. The maximum atomic E-state index is 12.0. The van der Waals surface area contributed by atoms with E-state index in [4.69, 9.17) is 10.5 Å². The van der Waals surface area contributed by atoms with Gasteiger partial charge in [-0.05, 0) is 30.7 Å². The van der Waals surface area contributed by atoms with Crippen molar-refractivity contribution in [2.45, 2.75) is 12.0 Å². The Morgan fingerprint density at radius 1 is 1.32 bits per heavy atom. The molecule has 0 aliphatic carbocycles.